The number of nitrogens with two attached hydrogens (primary N) is 2. The fourth-order valence-electron chi connectivity index (χ4n) is 2.49. The van der Waals surface area contributed by atoms with Crippen LogP contribution in [0.5, 0.6) is 0 Å². The molecule has 2 rings (SSSR count). The lowest BCUT2D eigenvalue weighted by molar-refractivity contribution is -0.118. The molecule has 0 fully saturated rings. The quantitative estimate of drug-likeness (QED) is 0.676. The van der Waals surface area contributed by atoms with Crippen molar-refractivity contribution in [1.82, 2.24) is 5.32 Å². The van der Waals surface area contributed by atoms with E-state index in [1.807, 2.05) is 18.2 Å². The van der Waals surface area contributed by atoms with Gasteiger partial charge in [0.2, 0.25) is 5.91 Å². The van der Waals surface area contributed by atoms with Gasteiger partial charge < -0.3 is 16.8 Å². The Hall–Kier alpha value is -1.88. The number of amides is 2. The highest BCUT2D eigenvalue weighted by Gasteiger charge is 2.18. The number of carbonyl (C=O) groups is 2. The Morgan fingerprint density at radius 2 is 2.15 bits per heavy atom. The monoisotopic (exact) mass is 275 g/mol. The van der Waals surface area contributed by atoms with E-state index in [4.69, 9.17) is 11.5 Å². The van der Waals surface area contributed by atoms with Gasteiger partial charge in [-0.15, -0.1) is 0 Å². The zero-order valence-corrected chi connectivity index (χ0v) is 11.5. The van der Waals surface area contributed by atoms with Crippen LogP contribution in [0, 0.1) is 0 Å². The highest BCUT2D eigenvalue weighted by molar-refractivity contribution is 5.96. The SMILES string of the molecule is NC(=O)CCCCC(N)c1ccc2c(c1)C(=O)NCC2. The highest BCUT2D eigenvalue weighted by atomic mass is 16.2. The molecule has 0 saturated carbocycles. The van der Waals surface area contributed by atoms with Crippen molar-refractivity contribution in [2.45, 2.75) is 38.1 Å². The van der Waals surface area contributed by atoms with Gasteiger partial charge in [0, 0.05) is 24.6 Å². The Labute approximate surface area is 118 Å². The lowest BCUT2D eigenvalue weighted by atomic mass is 9.93. The van der Waals surface area contributed by atoms with Crippen molar-refractivity contribution in [3.05, 3.63) is 34.9 Å². The molecule has 108 valence electrons. The summed E-state index contributed by atoms with van der Waals surface area (Å²) in [4.78, 5) is 22.4. The number of hydrogen-bond acceptors (Lipinski definition) is 3. The molecule has 0 saturated heterocycles. The largest absolute Gasteiger partial charge is 0.370 e. The third-order valence-corrected chi connectivity index (χ3v) is 3.67. The second kappa shape index (κ2) is 6.52. The van der Waals surface area contributed by atoms with Crippen molar-refractivity contribution in [2.24, 2.45) is 11.5 Å². The van der Waals surface area contributed by atoms with Gasteiger partial charge in [-0.05, 0) is 36.5 Å². The van der Waals surface area contributed by atoms with Crippen molar-refractivity contribution >= 4 is 11.8 Å². The number of benzene rings is 1. The molecule has 1 aliphatic heterocycles. The Balaban J connectivity index is 1.96. The van der Waals surface area contributed by atoms with Crippen LogP contribution in [-0.4, -0.2) is 18.4 Å². The minimum atomic E-state index is -0.274. The van der Waals surface area contributed by atoms with E-state index < -0.39 is 0 Å². The molecule has 2 amide bonds. The highest BCUT2D eigenvalue weighted by Crippen LogP contribution is 2.22. The molecule has 1 aromatic carbocycles. The molecular weight excluding hydrogens is 254 g/mol. The summed E-state index contributed by atoms with van der Waals surface area (Å²) in [5, 5.41) is 2.84. The van der Waals surface area contributed by atoms with Crippen molar-refractivity contribution in [1.29, 1.82) is 0 Å². The lowest BCUT2D eigenvalue weighted by Gasteiger charge is -2.19. The van der Waals surface area contributed by atoms with Gasteiger partial charge in [-0.1, -0.05) is 18.6 Å². The summed E-state index contributed by atoms with van der Waals surface area (Å²) in [6.07, 6.45) is 3.67. The molecule has 5 N–H and O–H groups in total. The summed E-state index contributed by atoms with van der Waals surface area (Å²) >= 11 is 0. The third-order valence-electron chi connectivity index (χ3n) is 3.67. The maximum Gasteiger partial charge on any atom is 0.251 e. The molecule has 5 heteroatoms. The minimum absolute atomic E-state index is 0.0194. The van der Waals surface area contributed by atoms with Crippen LogP contribution in [0.25, 0.3) is 0 Å². The van der Waals surface area contributed by atoms with Crippen molar-refractivity contribution in [3.8, 4) is 0 Å². The number of hydrogen-bond donors (Lipinski definition) is 3. The van der Waals surface area contributed by atoms with Crippen LogP contribution >= 0.6 is 0 Å². The van der Waals surface area contributed by atoms with Crippen molar-refractivity contribution < 1.29 is 9.59 Å². The van der Waals surface area contributed by atoms with E-state index in [9.17, 15) is 9.59 Å². The number of rotatable bonds is 6. The molecule has 1 atom stereocenters. The summed E-state index contributed by atoms with van der Waals surface area (Å²) < 4.78 is 0. The first kappa shape index (κ1) is 14.5. The molecule has 5 nitrogen and oxygen atoms in total. The predicted octanol–water partition coefficient (Wildman–Crippen LogP) is 1.02. The van der Waals surface area contributed by atoms with Crippen LogP contribution in [0.2, 0.25) is 0 Å². The van der Waals surface area contributed by atoms with Crippen LogP contribution < -0.4 is 16.8 Å². The number of carbonyl (C=O) groups excluding carboxylic acids is 2. The zero-order valence-electron chi connectivity index (χ0n) is 11.5. The lowest BCUT2D eigenvalue weighted by Crippen LogP contribution is -2.32. The second-order valence-corrected chi connectivity index (χ2v) is 5.24. The standard InChI is InChI=1S/C15H21N3O2/c16-13(3-1-2-4-14(17)19)11-6-5-10-7-8-18-15(20)12(10)9-11/h5-6,9,13H,1-4,7-8,16H2,(H2,17,19)(H,18,20). The molecule has 0 aliphatic carbocycles. The van der Waals surface area contributed by atoms with Crippen molar-refractivity contribution in [2.75, 3.05) is 6.54 Å². The first-order chi connectivity index (χ1) is 9.58. The summed E-state index contributed by atoms with van der Waals surface area (Å²) in [5.74, 6) is -0.293. The summed E-state index contributed by atoms with van der Waals surface area (Å²) in [7, 11) is 0. The normalized spacial score (nSPS) is 15.3. The fourth-order valence-corrected chi connectivity index (χ4v) is 2.49. The van der Waals surface area contributed by atoms with E-state index >= 15 is 0 Å². The van der Waals surface area contributed by atoms with Gasteiger partial charge in [0.15, 0.2) is 0 Å². The maximum absolute atomic E-state index is 11.8. The molecule has 1 aliphatic rings. The molecule has 0 bridgehead atoms. The van der Waals surface area contributed by atoms with Gasteiger partial charge in [0.1, 0.15) is 0 Å². The maximum atomic E-state index is 11.8. The Morgan fingerprint density at radius 3 is 2.90 bits per heavy atom. The van der Waals surface area contributed by atoms with E-state index in [1.165, 1.54) is 0 Å². The van der Waals surface area contributed by atoms with Gasteiger partial charge >= 0.3 is 0 Å². The van der Waals surface area contributed by atoms with E-state index in [-0.39, 0.29) is 17.9 Å². The van der Waals surface area contributed by atoms with Gasteiger partial charge in [0.25, 0.3) is 5.91 Å². The van der Waals surface area contributed by atoms with E-state index in [0.29, 0.717) is 13.0 Å². The molecule has 1 heterocycles. The van der Waals surface area contributed by atoms with Gasteiger partial charge in [-0.3, -0.25) is 9.59 Å². The average Bonchev–Trinajstić information content (AvgIpc) is 2.43. The molecule has 1 aromatic rings. The van der Waals surface area contributed by atoms with Crippen LogP contribution in [0.15, 0.2) is 18.2 Å². The summed E-state index contributed by atoms with van der Waals surface area (Å²) in [6.45, 7) is 0.699. The topological polar surface area (TPSA) is 98.2 Å². The third kappa shape index (κ3) is 3.57. The molecule has 0 radical (unpaired) electrons. The first-order valence-corrected chi connectivity index (χ1v) is 7.03. The average molecular weight is 275 g/mol. The number of fused-ring (bicyclic) bond motifs is 1. The molecule has 0 aromatic heterocycles. The number of primary amides is 1. The number of nitrogens with one attached hydrogen (secondary N) is 1. The minimum Gasteiger partial charge on any atom is -0.370 e. The smallest absolute Gasteiger partial charge is 0.251 e. The van der Waals surface area contributed by atoms with Crippen LogP contribution in [-0.2, 0) is 11.2 Å². The van der Waals surface area contributed by atoms with Crippen LogP contribution in [0.4, 0.5) is 0 Å². The number of unbranched alkanes of at least 4 members (excludes halogenated alkanes) is 1. The molecular formula is C15H21N3O2. The molecule has 20 heavy (non-hydrogen) atoms. The molecule has 0 spiro atoms. The van der Waals surface area contributed by atoms with Gasteiger partial charge in [-0.2, -0.15) is 0 Å². The summed E-state index contributed by atoms with van der Waals surface area (Å²) in [5.41, 5.74) is 14.0. The first-order valence-electron chi connectivity index (χ1n) is 7.03. The van der Waals surface area contributed by atoms with E-state index in [1.54, 1.807) is 0 Å². The van der Waals surface area contributed by atoms with Crippen LogP contribution in [0.3, 0.4) is 0 Å². The van der Waals surface area contributed by atoms with Crippen molar-refractivity contribution in [3.63, 3.8) is 0 Å². The fraction of sp³-hybridized carbons (Fsp3) is 0.467. The Bertz CT molecular complexity index is 514. The van der Waals surface area contributed by atoms with Gasteiger partial charge in [0.05, 0.1) is 0 Å². The predicted molar refractivity (Wildman–Crippen MR) is 77.1 cm³/mol. The van der Waals surface area contributed by atoms with E-state index in [0.717, 1.165) is 42.4 Å². The second-order valence-electron chi connectivity index (χ2n) is 5.24. The van der Waals surface area contributed by atoms with Gasteiger partial charge in [-0.25, -0.2) is 0 Å². The molecule has 1 unspecified atom stereocenters. The Morgan fingerprint density at radius 1 is 1.35 bits per heavy atom. The zero-order chi connectivity index (χ0) is 14.5. The van der Waals surface area contributed by atoms with E-state index in [2.05, 4.69) is 5.32 Å². The Kier molecular flexibility index (Phi) is 4.74. The van der Waals surface area contributed by atoms with Crippen LogP contribution in [0.1, 0.15) is 53.2 Å². The summed E-state index contributed by atoms with van der Waals surface area (Å²) in [6, 6.07) is 5.77.